The third kappa shape index (κ3) is 0.829. The van der Waals surface area contributed by atoms with Crippen molar-refractivity contribution < 1.29 is 4.90 Å². The molecular weight excluding hydrogens is 86.1 g/mol. The monoisotopic (exact) mass is 98.1 g/mol. The van der Waals surface area contributed by atoms with Gasteiger partial charge in [-0.2, -0.15) is 0 Å². The van der Waals surface area contributed by atoms with E-state index in [1.54, 1.807) is 4.90 Å². The number of quaternary nitrogens is 1. The van der Waals surface area contributed by atoms with Gasteiger partial charge >= 0.3 is 0 Å². The molecule has 1 aliphatic rings. The molecule has 1 aliphatic heterocycles. The Kier molecular flexibility index (Phi) is 1.15. The molecule has 1 nitrogen and oxygen atoms in total. The third-order valence-electron chi connectivity index (χ3n) is 1.64. The van der Waals surface area contributed by atoms with Gasteiger partial charge in [-0.3, -0.25) is 0 Å². The first kappa shape index (κ1) is 4.85. The topological polar surface area (TPSA) is 4.44 Å². The molecule has 1 rings (SSSR count). The maximum Gasteiger partial charge on any atom is 0.0999 e. The molecule has 0 fully saturated rings. The van der Waals surface area contributed by atoms with Crippen LogP contribution in [0.15, 0.2) is 11.8 Å². The lowest BCUT2D eigenvalue weighted by Gasteiger charge is -2.03. The minimum atomic E-state index is 1.28. The summed E-state index contributed by atoms with van der Waals surface area (Å²) in [6.07, 6.45) is 3.58. The number of allylic oxidation sites excluding steroid dienone is 1. The molecule has 0 saturated heterocycles. The molecule has 0 aromatic heterocycles. The zero-order valence-electron chi connectivity index (χ0n) is 4.99. The van der Waals surface area contributed by atoms with Gasteiger partial charge in [0.2, 0.25) is 0 Å². The molecule has 40 valence electrons. The summed E-state index contributed by atoms with van der Waals surface area (Å²) < 4.78 is 0. The molecule has 7 heavy (non-hydrogen) atoms. The number of rotatable bonds is 0. The summed E-state index contributed by atoms with van der Waals surface area (Å²) in [5.74, 6) is 0. The van der Waals surface area contributed by atoms with Crippen LogP contribution >= 0.6 is 0 Å². The Bertz CT molecular complexity index is 94.4. The van der Waals surface area contributed by atoms with Crippen LogP contribution in [0.2, 0.25) is 0 Å². The highest BCUT2D eigenvalue weighted by Crippen LogP contribution is 1.90. The molecule has 0 aromatic carbocycles. The van der Waals surface area contributed by atoms with Crippen LogP contribution in [0.25, 0.3) is 0 Å². The average molecular weight is 98.2 g/mol. The van der Waals surface area contributed by atoms with Crippen LogP contribution in [-0.4, -0.2) is 13.6 Å². The molecule has 0 amide bonds. The second kappa shape index (κ2) is 1.66. The van der Waals surface area contributed by atoms with E-state index in [9.17, 15) is 0 Å². The van der Waals surface area contributed by atoms with Gasteiger partial charge in [0.05, 0.1) is 19.3 Å². The van der Waals surface area contributed by atoms with Crippen molar-refractivity contribution in [3.63, 3.8) is 0 Å². The number of nitrogens with one attached hydrogen (secondary N) is 1. The van der Waals surface area contributed by atoms with Gasteiger partial charge in [0.1, 0.15) is 0 Å². The zero-order valence-corrected chi connectivity index (χ0v) is 4.99. The first-order valence-electron chi connectivity index (χ1n) is 2.80. The van der Waals surface area contributed by atoms with Crippen LogP contribution in [0.5, 0.6) is 0 Å². The second-order valence-electron chi connectivity index (χ2n) is 2.21. The molecule has 1 N–H and O–H groups in total. The van der Waals surface area contributed by atoms with E-state index in [-0.39, 0.29) is 0 Å². The minimum absolute atomic E-state index is 1.28. The van der Waals surface area contributed by atoms with Crippen LogP contribution in [0, 0.1) is 0 Å². The molecule has 0 radical (unpaired) electrons. The molecule has 1 heterocycles. The van der Waals surface area contributed by atoms with Gasteiger partial charge < -0.3 is 4.90 Å². The summed E-state index contributed by atoms with van der Waals surface area (Å²) in [7, 11) is 2.21. The Balaban J connectivity index is 2.54. The summed E-state index contributed by atoms with van der Waals surface area (Å²) in [5, 5.41) is 0. The summed E-state index contributed by atoms with van der Waals surface area (Å²) in [5.41, 5.74) is 1.50. The van der Waals surface area contributed by atoms with Crippen molar-refractivity contribution in [2.24, 2.45) is 0 Å². The Morgan fingerprint density at radius 2 is 2.43 bits per heavy atom. The van der Waals surface area contributed by atoms with Gasteiger partial charge in [-0.25, -0.2) is 0 Å². The van der Waals surface area contributed by atoms with E-state index >= 15 is 0 Å². The van der Waals surface area contributed by atoms with Gasteiger partial charge in [-0.1, -0.05) is 0 Å². The molecule has 1 heteroatoms. The van der Waals surface area contributed by atoms with Crippen molar-refractivity contribution in [1.82, 2.24) is 0 Å². The Hall–Kier alpha value is -0.300. The van der Waals surface area contributed by atoms with E-state index in [2.05, 4.69) is 20.0 Å². The van der Waals surface area contributed by atoms with Crippen molar-refractivity contribution >= 4 is 0 Å². The average Bonchev–Trinajstić information content (AvgIpc) is 1.91. The van der Waals surface area contributed by atoms with Crippen molar-refractivity contribution in [2.75, 3.05) is 13.6 Å². The van der Waals surface area contributed by atoms with Crippen LogP contribution < -0.4 is 4.90 Å². The fourth-order valence-electron chi connectivity index (χ4n) is 0.877. The van der Waals surface area contributed by atoms with Crippen LogP contribution in [0.4, 0.5) is 0 Å². The van der Waals surface area contributed by atoms with E-state index < -0.39 is 0 Å². The second-order valence-corrected chi connectivity index (χ2v) is 2.21. The highest BCUT2D eigenvalue weighted by Gasteiger charge is 2.08. The molecule has 0 aliphatic carbocycles. The van der Waals surface area contributed by atoms with Gasteiger partial charge in [0, 0.05) is 13.3 Å². The Morgan fingerprint density at radius 1 is 1.71 bits per heavy atom. The lowest BCUT2D eigenvalue weighted by molar-refractivity contribution is -0.832. The van der Waals surface area contributed by atoms with Crippen molar-refractivity contribution in [2.45, 2.75) is 13.3 Å². The van der Waals surface area contributed by atoms with Gasteiger partial charge in [0.25, 0.3) is 0 Å². The van der Waals surface area contributed by atoms with E-state index in [0.29, 0.717) is 0 Å². The van der Waals surface area contributed by atoms with Crippen LogP contribution in [0.3, 0.4) is 0 Å². The smallest absolute Gasteiger partial charge is 0.0999 e. The van der Waals surface area contributed by atoms with E-state index in [1.807, 2.05) is 0 Å². The van der Waals surface area contributed by atoms with Gasteiger partial charge in [-0.15, -0.1) is 0 Å². The van der Waals surface area contributed by atoms with Crippen molar-refractivity contribution in [3.8, 4) is 0 Å². The number of hydrogen-bond donors (Lipinski definition) is 1. The first-order valence-corrected chi connectivity index (χ1v) is 2.80. The quantitative estimate of drug-likeness (QED) is 0.428. The maximum atomic E-state index is 2.30. The normalized spacial score (nSPS) is 30.6. The zero-order chi connectivity index (χ0) is 5.28. The Morgan fingerprint density at radius 3 is 2.57 bits per heavy atom. The van der Waals surface area contributed by atoms with Crippen molar-refractivity contribution in [3.05, 3.63) is 11.8 Å². The molecule has 0 bridgehead atoms. The number of hydrogen-bond acceptors (Lipinski definition) is 0. The summed E-state index contributed by atoms with van der Waals surface area (Å²) >= 11 is 0. The van der Waals surface area contributed by atoms with Gasteiger partial charge in [-0.05, 0) is 6.08 Å². The van der Waals surface area contributed by atoms with E-state index in [0.717, 1.165) is 0 Å². The fraction of sp³-hybridized carbons (Fsp3) is 0.667. The third-order valence-corrected chi connectivity index (χ3v) is 1.64. The molecule has 0 spiro atoms. The minimum Gasteiger partial charge on any atom is -0.309 e. The summed E-state index contributed by atoms with van der Waals surface area (Å²) in [4.78, 5) is 1.57. The predicted molar refractivity (Wildman–Crippen MR) is 30.1 cm³/mol. The van der Waals surface area contributed by atoms with E-state index in [1.165, 1.54) is 18.7 Å². The largest absolute Gasteiger partial charge is 0.309 e. The Labute approximate surface area is 44.6 Å². The van der Waals surface area contributed by atoms with Gasteiger partial charge in [0.15, 0.2) is 0 Å². The summed E-state index contributed by atoms with van der Waals surface area (Å²) in [6.45, 7) is 3.48. The molecule has 0 aromatic rings. The highest BCUT2D eigenvalue weighted by molar-refractivity contribution is 4.90. The summed E-state index contributed by atoms with van der Waals surface area (Å²) in [6, 6.07) is 0. The molecule has 0 saturated carbocycles. The standard InChI is InChI=1S/C6H11N/c1-6-4-3-5-7(6)2/h4H,3,5H2,1-2H3/p+1. The van der Waals surface area contributed by atoms with Crippen LogP contribution in [0.1, 0.15) is 13.3 Å². The first-order chi connectivity index (χ1) is 3.30. The SMILES string of the molecule is CC1=CCC[NH+]1C. The lowest BCUT2D eigenvalue weighted by atomic mass is 10.4. The predicted octanol–water partition coefficient (Wildman–Crippen LogP) is -0.191. The lowest BCUT2D eigenvalue weighted by Crippen LogP contribution is -3.05. The van der Waals surface area contributed by atoms with Crippen LogP contribution in [-0.2, 0) is 0 Å². The van der Waals surface area contributed by atoms with E-state index in [4.69, 9.17) is 0 Å². The van der Waals surface area contributed by atoms with Crippen molar-refractivity contribution in [1.29, 1.82) is 0 Å². The maximum absolute atomic E-state index is 2.30. The molecular formula is C6H12N+. The fourth-order valence-corrected chi connectivity index (χ4v) is 0.877. The molecule has 1 unspecified atom stereocenters. The molecule has 1 atom stereocenters. The highest BCUT2D eigenvalue weighted by atomic mass is 15.1.